The van der Waals surface area contributed by atoms with Crippen LogP contribution in [0.25, 0.3) is 0 Å². The smallest absolute Gasteiger partial charge is 0.391 e. The summed E-state index contributed by atoms with van der Waals surface area (Å²) in [5, 5.41) is 9.33. The van der Waals surface area contributed by atoms with E-state index in [-0.39, 0.29) is 18.3 Å². The van der Waals surface area contributed by atoms with Gasteiger partial charge in [0.05, 0.1) is 25.4 Å². The Morgan fingerprint density at radius 2 is 1.84 bits per heavy atom. The van der Waals surface area contributed by atoms with Crippen LogP contribution in [0.1, 0.15) is 17.5 Å². The highest BCUT2D eigenvalue weighted by Gasteiger charge is 2.45. The van der Waals surface area contributed by atoms with Gasteiger partial charge in [-0.3, -0.25) is 14.6 Å². The van der Waals surface area contributed by atoms with E-state index in [4.69, 9.17) is 9.26 Å². The summed E-state index contributed by atoms with van der Waals surface area (Å²) in [4.78, 5) is 12.4. The van der Waals surface area contributed by atoms with Crippen LogP contribution in [-0.2, 0) is 26.8 Å². The van der Waals surface area contributed by atoms with E-state index in [1.165, 1.54) is 36.0 Å². The number of hydroxylamine groups is 1. The quantitative estimate of drug-likeness (QED) is 0.376. The molecule has 0 radical (unpaired) electrons. The average molecular weight is 458 g/mol. The van der Waals surface area contributed by atoms with Crippen molar-refractivity contribution in [2.24, 2.45) is 0 Å². The van der Waals surface area contributed by atoms with Crippen LogP contribution in [0.2, 0.25) is 0 Å². The molecule has 0 fully saturated rings. The van der Waals surface area contributed by atoms with Crippen molar-refractivity contribution in [3.05, 3.63) is 59.7 Å². The van der Waals surface area contributed by atoms with Gasteiger partial charge in [-0.15, -0.1) is 0 Å². The maximum Gasteiger partial charge on any atom is 0.391 e. The lowest BCUT2D eigenvalue weighted by atomic mass is 9.95. The normalized spacial score (nSPS) is 18.7. The number of methoxy groups -OCH3 is 1. The van der Waals surface area contributed by atoms with Crippen LogP contribution in [0.5, 0.6) is 5.75 Å². The molecule has 0 saturated heterocycles. The highest BCUT2D eigenvalue weighted by Crippen LogP contribution is 2.54. The van der Waals surface area contributed by atoms with E-state index in [1.54, 1.807) is 29.7 Å². The minimum absolute atomic E-state index is 0.0103. The fourth-order valence-corrected chi connectivity index (χ4v) is 5.79. The molecule has 2 N–H and O–H groups in total. The first-order valence-corrected chi connectivity index (χ1v) is 11.0. The van der Waals surface area contributed by atoms with Gasteiger partial charge >= 0.3 is 13.7 Å². The Bertz CT molecular complexity index is 968. The summed E-state index contributed by atoms with van der Waals surface area (Å²) in [5.74, 6) is -0.373. The largest absolute Gasteiger partial charge is 0.497 e. The van der Waals surface area contributed by atoms with Crippen molar-refractivity contribution in [2.75, 3.05) is 13.7 Å². The molecule has 2 aromatic rings. The monoisotopic (exact) mass is 458 g/mol. The molecule has 1 aliphatic heterocycles. The van der Waals surface area contributed by atoms with E-state index in [0.717, 1.165) is 11.1 Å². The summed E-state index contributed by atoms with van der Waals surface area (Å²) >= 11 is 0. The minimum Gasteiger partial charge on any atom is -0.497 e. The predicted octanol–water partition coefficient (Wildman–Crippen LogP) is 3.41. The molecule has 1 heterocycles. The fraction of sp³-hybridized carbons (Fsp3) is 0.350. The number of halogens is 3. The molecule has 7 nitrogen and oxygen atoms in total. The van der Waals surface area contributed by atoms with Gasteiger partial charge in [-0.05, 0) is 41.8 Å². The number of hydrogen-bond acceptors (Lipinski definition) is 5. The van der Waals surface area contributed by atoms with Crippen LogP contribution < -0.4 is 15.5 Å². The van der Waals surface area contributed by atoms with E-state index in [1.807, 2.05) is 0 Å². The maximum absolute atomic E-state index is 14.1. The number of carbonyl (C=O) groups excluding carboxylic acids is 1. The molecule has 1 amide bonds. The number of hydrogen-bond donors (Lipinski definition) is 2. The molecule has 168 valence electrons. The third-order valence-electron chi connectivity index (χ3n) is 5.03. The Kier molecular flexibility index (Phi) is 7.06. The topological polar surface area (TPSA) is 88.1 Å². The number of rotatable bonds is 7. The van der Waals surface area contributed by atoms with E-state index in [2.05, 4.69) is 0 Å². The number of carbonyl (C=O) groups is 1. The molecular formula is C20H22F3N2O5P. The lowest BCUT2D eigenvalue weighted by Crippen LogP contribution is -2.49. The Morgan fingerprint density at radius 1 is 1.19 bits per heavy atom. The van der Waals surface area contributed by atoms with Crippen molar-refractivity contribution in [2.45, 2.75) is 31.6 Å². The number of nitrogens with one attached hydrogen (secondary N) is 1. The molecule has 0 saturated carbocycles. The summed E-state index contributed by atoms with van der Waals surface area (Å²) in [5.41, 5.74) is 3.13. The second kappa shape index (κ2) is 9.40. The molecule has 0 bridgehead atoms. The Morgan fingerprint density at radius 3 is 2.42 bits per heavy atom. The molecular weight excluding hydrogens is 436 g/mol. The summed E-state index contributed by atoms with van der Waals surface area (Å²) in [6, 6.07) is 11.9. The molecule has 3 rings (SSSR count). The van der Waals surface area contributed by atoms with Crippen molar-refractivity contribution in [3.8, 4) is 5.75 Å². The third kappa shape index (κ3) is 5.27. The van der Waals surface area contributed by atoms with Gasteiger partial charge in [0.2, 0.25) is 0 Å². The van der Waals surface area contributed by atoms with Gasteiger partial charge in [0.1, 0.15) is 11.8 Å². The first-order valence-electron chi connectivity index (χ1n) is 9.42. The van der Waals surface area contributed by atoms with E-state index < -0.39 is 38.7 Å². The van der Waals surface area contributed by atoms with E-state index >= 15 is 0 Å². The van der Waals surface area contributed by atoms with Crippen molar-refractivity contribution >= 4 is 18.7 Å². The molecule has 2 aromatic carbocycles. The minimum atomic E-state index is -4.50. The van der Waals surface area contributed by atoms with Gasteiger partial charge in [0.15, 0.2) is 0 Å². The average Bonchev–Trinajstić information content (AvgIpc) is 2.76. The summed E-state index contributed by atoms with van der Waals surface area (Å²) in [7, 11) is -2.69. The fourth-order valence-electron chi connectivity index (χ4n) is 3.44. The number of nitrogens with zero attached hydrogens (tertiary/aromatic N) is 1. The molecule has 0 aromatic heterocycles. The van der Waals surface area contributed by atoms with Crippen LogP contribution in [0.4, 0.5) is 13.2 Å². The van der Waals surface area contributed by atoms with Crippen molar-refractivity contribution in [1.29, 1.82) is 0 Å². The van der Waals surface area contributed by atoms with E-state index in [0.29, 0.717) is 5.75 Å². The zero-order valence-electron chi connectivity index (χ0n) is 16.6. The van der Waals surface area contributed by atoms with Crippen LogP contribution in [0, 0.1) is 0 Å². The second-order valence-electron chi connectivity index (χ2n) is 6.98. The maximum atomic E-state index is 14.1. The zero-order valence-corrected chi connectivity index (χ0v) is 17.5. The first kappa shape index (κ1) is 23.3. The number of ether oxygens (including phenoxy) is 1. The Hall–Kier alpha value is -2.39. The van der Waals surface area contributed by atoms with Crippen LogP contribution in [-0.4, -0.2) is 41.7 Å². The van der Waals surface area contributed by atoms with Crippen LogP contribution in [0.15, 0.2) is 48.5 Å². The summed E-state index contributed by atoms with van der Waals surface area (Å²) < 4.78 is 64.1. The zero-order chi connectivity index (χ0) is 22.6. The highest BCUT2D eigenvalue weighted by atomic mass is 31.2. The summed E-state index contributed by atoms with van der Waals surface area (Å²) in [6.07, 6.45) is -5.69. The van der Waals surface area contributed by atoms with Crippen LogP contribution in [0.3, 0.4) is 0 Å². The molecule has 31 heavy (non-hydrogen) atoms. The predicted molar refractivity (Wildman–Crippen MR) is 106 cm³/mol. The number of benzene rings is 2. The standard InChI is InChI=1S/C20H22F3N2O5P/c1-29-16-6-8-17(9-7-16)31(28,30-11-10-20(21,22)23)25-13-15-5-3-2-4-14(15)12-18(25)19(26)24-27/h2-9,18,27H,10-13H2,1H3,(H,24,26)/t18-,31?/m1/s1. The van der Waals surface area contributed by atoms with Gasteiger partial charge in [-0.25, -0.2) is 10.2 Å². The molecule has 0 spiro atoms. The molecule has 1 unspecified atom stereocenters. The lowest BCUT2D eigenvalue weighted by Gasteiger charge is -2.39. The third-order valence-corrected chi connectivity index (χ3v) is 7.61. The van der Waals surface area contributed by atoms with Gasteiger partial charge < -0.3 is 9.26 Å². The van der Waals surface area contributed by atoms with Gasteiger partial charge in [0.25, 0.3) is 5.91 Å². The van der Waals surface area contributed by atoms with Crippen molar-refractivity contribution in [1.82, 2.24) is 10.2 Å². The van der Waals surface area contributed by atoms with Crippen molar-refractivity contribution in [3.63, 3.8) is 0 Å². The van der Waals surface area contributed by atoms with Gasteiger partial charge in [-0.1, -0.05) is 24.3 Å². The number of fused-ring (bicyclic) bond motifs is 1. The lowest BCUT2D eigenvalue weighted by molar-refractivity contribution is -0.140. The van der Waals surface area contributed by atoms with Crippen molar-refractivity contribution < 1.29 is 37.0 Å². The Balaban J connectivity index is 2.04. The van der Waals surface area contributed by atoms with Gasteiger partial charge in [-0.2, -0.15) is 13.2 Å². The van der Waals surface area contributed by atoms with Gasteiger partial charge in [0, 0.05) is 6.54 Å². The Labute approximate surface area is 177 Å². The molecule has 0 aliphatic carbocycles. The highest BCUT2D eigenvalue weighted by molar-refractivity contribution is 7.64. The van der Waals surface area contributed by atoms with Crippen LogP contribution >= 0.6 is 7.52 Å². The number of amides is 1. The number of alkyl halides is 3. The second-order valence-corrected chi connectivity index (χ2v) is 9.31. The first-order chi connectivity index (χ1) is 14.7. The van der Waals surface area contributed by atoms with E-state index in [9.17, 15) is 27.7 Å². The molecule has 1 aliphatic rings. The molecule has 11 heteroatoms. The SMILES string of the molecule is COc1ccc(P(=O)(OCCC(F)(F)F)N2Cc3ccccc3C[C@@H]2C(=O)NO)cc1. The summed E-state index contributed by atoms with van der Waals surface area (Å²) in [6.45, 7) is -0.859. The molecule has 2 atom stereocenters.